The first-order chi connectivity index (χ1) is 12.4. The number of nitro groups is 1. The summed E-state index contributed by atoms with van der Waals surface area (Å²) in [6, 6.07) is 6.14. The quantitative estimate of drug-likeness (QED) is 0.667. The Morgan fingerprint density at radius 2 is 2.08 bits per heavy atom. The molecule has 1 aromatic heterocycles. The minimum atomic E-state index is -0.448. The van der Waals surface area contributed by atoms with Crippen LogP contribution in [0.4, 0.5) is 5.69 Å². The molecule has 8 heteroatoms. The predicted molar refractivity (Wildman–Crippen MR) is 97.6 cm³/mol. The molecule has 0 bridgehead atoms. The van der Waals surface area contributed by atoms with Crippen LogP contribution in [-0.2, 0) is 7.05 Å². The van der Waals surface area contributed by atoms with Gasteiger partial charge in [-0.15, -0.1) is 0 Å². The van der Waals surface area contributed by atoms with Crippen molar-refractivity contribution in [1.29, 1.82) is 0 Å². The first-order valence-corrected chi connectivity index (χ1v) is 8.70. The second kappa shape index (κ2) is 7.25. The lowest BCUT2D eigenvalue weighted by Gasteiger charge is -2.34. The Morgan fingerprint density at radius 3 is 2.69 bits per heavy atom. The standard InChI is InChI=1S/C18H23N5O3/c1-12(19)14-4-3-9-22(10-14)18(24)16-11-21(2)20-17(16)13-5-7-15(8-6-13)23(25)26/h5-8,11-12,14H,3-4,9-10,19H2,1-2H3. The van der Waals surface area contributed by atoms with Gasteiger partial charge in [0.1, 0.15) is 5.69 Å². The molecule has 1 aliphatic heterocycles. The SMILES string of the molecule is CC(N)C1CCCN(C(=O)c2cn(C)nc2-c2ccc([N+](=O)[O-])cc2)C1. The number of rotatable bonds is 4. The van der Waals surface area contributed by atoms with Crippen molar-refractivity contribution in [2.45, 2.75) is 25.8 Å². The molecule has 1 aromatic carbocycles. The molecule has 2 aromatic rings. The third-order valence-corrected chi connectivity index (χ3v) is 4.90. The minimum Gasteiger partial charge on any atom is -0.338 e. The zero-order valence-corrected chi connectivity index (χ0v) is 15.0. The van der Waals surface area contributed by atoms with Gasteiger partial charge in [0.2, 0.25) is 0 Å². The monoisotopic (exact) mass is 357 g/mol. The molecule has 26 heavy (non-hydrogen) atoms. The largest absolute Gasteiger partial charge is 0.338 e. The van der Waals surface area contributed by atoms with Crippen molar-refractivity contribution in [1.82, 2.24) is 14.7 Å². The number of nitrogens with two attached hydrogens (primary N) is 1. The van der Waals surface area contributed by atoms with Crippen LogP contribution in [0.25, 0.3) is 11.3 Å². The molecular weight excluding hydrogens is 334 g/mol. The van der Waals surface area contributed by atoms with Crippen LogP contribution in [0.2, 0.25) is 0 Å². The number of piperidine rings is 1. The fraction of sp³-hybridized carbons (Fsp3) is 0.444. The molecular formula is C18H23N5O3. The van der Waals surface area contributed by atoms with Gasteiger partial charge < -0.3 is 10.6 Å². The number of aromatic nitrogens is 2. The van der Waals surface area contributed by atoms with Gasteiger partial charge >= 0.3 is 0 Å². The van der Waals surface area contributed by atoms with E-state index in [4.69, 9.17) is 5.73 Å². The number of benzene rings is 1. The van der Waals surface area contributed by atoms with E-state index in [0.29, 0.717) is 35.8 Å². The molecule has 1 aliphatic rings. The number of aryl methyl sites for hydroxylation is 1. The molecule has 2 N–H and O–H groups in total. The summed E-state index contributed by atoms with van der Waals surface area (Å²) in [6.45, 7) is 3.33. The zero-order valence-electron chi connectivity index (χ0n) is 15.0. The fourth-order valence-corrected chi connectivity index (χ4v) is 3.39. The van der Waals surface area contributed by atoms with E-state index in [9.17, 15) is 14.9 Å². The van der Waals surface area contributed by atoms with Gasteiger partial charge in [-0.2, -0.15) is 5.10 Å². The predicted octanol–water partition coefficient (Wildman–Crippen LogP) is 2.19. The highest BCUT2D eigenvalue weighted by Crippen LogP contribution is 2.27. The molecule has 1 fully saturated rings. The van der Waals surface area contributed by atoms with E-state index < -0.39 is 4.92 Å². The molecule has 8 nitrogen and oxygen atoms in total. The van der Waals surface area contributed by atoms with E-state index in [1.54, 1.807) is 30.1 Å². The lowest BCUT2D eigenvalue weighted by atomic mass is 9.91. The van der Waals surface area contributed by atoms with Crippen LogP contribution in [0.15, 0.2) is 30.5 Å². The molecule has 1 amide bonds. The third-order valence-electron chi connectivity index (χ3n) is 4.90. The summed E-state index contributed by atoms with van der Waals surface area (Å²) in [5.41, 5.74) is 7.75. The number of likely N-dealkylation sites (tertiary alicyclic amines) is 1. The fourth-order valence-electron chi connectivity index (χ4n) is 3.39. The molecule has 138 valence electrons. The highest BCUT2D eigenvalue weighted by atomic mass is 16.6. The summed E-state index contributed by atoms with van der Waals surface area (Å²) in [5, 5.41) is 15.2. The first-order valence-electron chi connectivity index (χ1n) is 8.70. The van der Waals surface area contributed by atoms with Gasteiger partial charge in [-0.25, -0.2) is 0 Å². The van der Waals surface area contributed by atoms with Gasteiger partial charge in [-0.3, -0.25) is 19.6 Å². The number of carbonyl (C=O) groups excluding carboxylic acids is 1. The summed E-state index contributed by atoms with van der Waals surface area (Å²) >= 11 is 0. The lowest BCUT2D eigenvalue weighted by molar-refractivity contribution is -0.384. The van der Waals surface area contributed by atoms with Crippen LogP contribution < -0.4 is 5.73 Å². The Hall–Kier alpha value is -2.74. The highest BCUT2D eigenvalue weighted by Gasteiger charge is 2.29. The number of non-ortho nitro benzene ring substituents is 1. The Kier molecular flexibility index (Phi) is 5.03. The van der Waals surface area contributed by atoms with Gasteiger partial charge in [0.05, 0.1) is 10.5 Å². The summed E-state index contributed by atoms with van der Waals surface area (Å²) < 4.78 is 1.59. The Bertz CT molecular complexity index is 813. The van der Waals surface area contributed by atoms with E-state index in [0.717, 1.165) is 12.8 Å². The van der Waals surface area contributed by atoms with Crippen molar-refractivity contribution in [3.63, 3.8) is 0 Å². The number of nitro benzene ring substituents is 1. The average Bonchev–Trinajstić information content (AvgIpc) is 3.03. The van der Waals surface area contributed by atoms with Crippen LogP contribution in [0, 0.1) is 16.0 Å². The summed E-state index contributed by atoms with van der Waals surface area (Å²) in [6.07, 6.45) is 3.67. The van der Waals surface area contributed by atoms with Crippen molar-refractivity contribution in [2.75, 3.05) is 13.1 Å². The molecule has 0 saturated carbocycles. The van der Waals surface area contributed by atoms with Crippen molar-refractivity contribution < 1.29 is 9.72 Å². The molecule has 2 unspecified atom stereocenters. The molecule has 2 heterocycles. The minimum absolute atomic E-state index is 0.00774. The van der Waals surface area contributed by atoms with Crippen molar-refractivity contribution in [3.8, 4) is 11.3 Å². The third kappa shape index (κ3) is 3.60. The second-order valence-corrected chi connectivity index (χ2v) is 6.88. The average molecular weight is 357 g/mol. The summed E-state index contributed by atoms with van der Waals surface area (Å²) in [7, 11) is 1.76. The number of hydrogen-bond acceptors (Lipinski definition) is 5. The maximum atomic E-state index is 13.1. The summed E-state index contributed by atoms with van der Waals surface area (Å²) in [5.74, 6) is 0.226. The van der Waals surface area contributed by atoms with Crippen molar-refractivity contribution in [2.24, 2.45) is 18.7 Å². The number of carbonyl (C=O) groups is 1. The topological polar surface area (TPSA) is 107 Å². The van der Waals surface area contributed by atoms with Gasteiger partial charge in [-0.05, 0) is 37.8 Å². The van der Waals surface area contributed by atoms with E-state index in [1.807, 2.05) is 11.8 Å². The highest BCUT2D eigenvalue weighted by molar-refractivity contribution is 5.99. The van der Waals surface area contributed by atoms with Crippen molar-refractivity contribution in [3.05, 3.63) is 46.1 Å². The van der Waals surface area contributed by atoms with Gasteiger partial charge in [0, 0.05) is 50.1 Å². The first kappa shape index (κ1) is 18.1. The zero-order chi connectivity index (χ0) is 18.8. The summed E-state index contributed by atoms with van der Waals surface area (Å²) in [4.78, 5) is 25.3. The second-order valence-electron chi connectivity index (χ2n) is 6.88. The maximum Gasteiger partial charge on any atom is 0.269 e. The van der Waals surface area contributed by atoms with E-state index >= 15 is 0 Å². The van der Waals surface area contributed by atoms with Crippen LogP contribution in [-0.4, -0.2) is 44.6 Å². The van der Waals surface area contributed by atoms with Gasteiger partial charge in [0.25, 0.3) is 11.6 Å². The van der Waals surface area contributed by atoms with Crippen LogP contribution in [0.5, 0.6) is 0 Å². The molecule has 0 aliphatic carbocycles. The van der Waals surface area contributed by atoms with Crippen LogP contribution in [0.1, 0.15) is 30.1 Å². The van der Waals surface area contributed by atoms with E-state index in [2.05, 4.69) is 5.10 Å². The van der Waals surface area contributed by atoms with Crippen LogP contribution >= 0.6 is 0 Å². The smallest absolute Gasteiger partial charge is 0.269 e. The van der Waals surface area contributed by atoms with Gasteiger partial charge in [-0.1, -0.05) is 0 Å². The van der Waals surface area contributed by atoms with E-state index in [1.165, 1.54) is 12.1 Å². The van der Waals surface area contributed by atoms with Gasteiger partial charge in [0.15, 0.2) is 0 Å². The molecule has 0 spiro atoms. The maximum absolute atomic E-state index is 13.1. The van der Waals surface area contributed by atoms with Crippen LogP contribution in [0.3, 0.4) is 0 Å². The number of nitrogens with zero attached hydrogens (tertiary/aromatic N) is 4. The molecule has 2 atom stereocenters. The van der Waals surface area contributed by atoms with Crippen molar-refractivity contribution >= 4 is 11.6 Å². The molecule has 0 radical (unpaired) electrons. The Balaban J connectivity index is 1.89. The van der Waals surface area contributed by atoms with E-state index in [-0.39, 0.29) is 17.6 Å². The number of amides is 1. The normalized spacial score (nSPS) is 18.6. The molecule has 1 saturated heterocycles. The Labute approximate surface area is 151 Å². The molecule has 3 rings (SSSR count). The lowest BCUT2D eigenvalue weighted by Crippen LogP contribution is -2.45. The number of hydrogen-bond donors (Lipinski definition) is 1. The Morgan fingerprint density at radius 1 is 1.38 bits per heavy atom.